The lowest BCUT2D eigenvalue weighted by Gasteiger charge is -2.11. The Balaban J connectivity index is 1.88. The molecular weight excluding hydrogens is 333 g/mol. The summed E-state index contributed by atoms with van der Waals surface area (Å²) in [5, 5.41) is 4.28. The highest BCUT2D eigenvalue weighted by Gasteiger charge is 2.31. The maximum Gasteiger partial charge on any atom is 0.573 e. The minimum absolute atomic E-state index is 0.0363. The van der Waals surface area contributed by atoms with E-state index in [-0.39, 0.29) is 17.9 Å². The molecule has 2 aromatic carbocycles. The van der Waals surface area contributed by atoms with Gasteiger partial charge in [-0.2, -0.15) is 5.10 Å². The number of benzene rings is 2. The summed E-state index contributed by atoms with van der Waals surface area (Å²) >= 11 is 0. The Morgan fingerprint density at radius 3 is 2.44 bits per heavy atom. The zero-order valence-corrected chi connectivity index (χ0v) is 12.9. The van der Waals surface area contributed by atoms with Gasteiger partial charge >= 0.3 is 6.36 Å². The highest BCUT2D eigenvalue weighted by molar-refractivity contribution is 5.57. The highest BCUT2D eigenvalue weighted by atomic mass is 19.4. The van der Waals surface area contributed by atoms with Crippen LogP contribution in [0.15, 0.2) is 71.5 Å². The van der Waals surface area contributed by atoms with Crippen LogP contribution in [-0.4, -0.2) is 16.1 Å². The molecule has 7 heteroatoms. The molecular formula is C18H13F3N2O2. The van der Waals surface area contributed by atoms with E-state index < -0.39 is 6.36 Å². The van der Waals surface area contributed by atoms with E-state index in [0.717, 1.165) is 5.56 Å². The molecule has 1 heterocycles. The number of hydrogen-bond donors (Lipinski definition) is 0. The average Bonchev–Trinajstić information content (AvgIpc) is 2.56. The van der Waals surface area contributed by atoms with Gasteiger partial charge in [0.25, 0.3) is 5.56 Å². The number of alkyl halides is 3. The Morgan fingerprint density at radius 2 is 1.72 bits per heavy atom. The number of ether oxygens (including phenoxy) is 1. The summed E-state index contributed by atoms with van der Waals surface area (Å²) < 4.78 is 42.0. The Bertz CT molecular complexity index is 921. The lowest BCUT2D eigenvalue weighted by Crippen LogP contribution is -2.23. The molecule has 0 aliphatic heterocycles. The van der Waals surface area contributed by atoms with Crippen molar-refractivity contribution in [1.29, 1.82) is 0 Å². The lowest BCUT2D eigenvalue weighted by atomic mass is 10.1. The fourth-order valence-electron chi connectivity index (χ4n) is 2.34. The van der Waals surface area contributed by atoms with Gasteiger partial charge in [0.15, 0.2) is 0 Å². The van der Waals surface area contributed by atoms with Crippen molar-refractivity contribution in [2.24, 2.45) is 0 Å². The summed E-state index contributed by atoms with van der Waals surface area (Å²) in [4.78, 5) is 12.0. The summed E-state index contributed by atoms with van der Waals surface area (Å²) in [6, 6.07) is 17.7. The number of rotatable bonds is 4. The van der Waals surface area contributed by atoms with E-state index in [2.05, 4.69) is 9.84 Å². The van der Waals surface area contributed by atoms with Crippen molar-refractivity contribution < 1.29 is 17.9 Å². The predicted octanol–water partition coefficient (Wildman–Crippen LogP) is 3.86. The quantitative estimate of drug-likeness (QED) is 0.721. The van der Waals surface area contributed by atoms with Gasteiger partial charge in [0.2, 0.25) is 0 Å². The molecule has 0 radical (unpaired) electrons. The van der Waals surface area contributed by atoms with E-state index in [1.165, 1.54) is 28.9 Å². The Hall–Kier alpha value is -3.09. The van der Waals surface area contributed by atoms with Crippen LogP contribution < -0.4 is 10.3 Å². The second-order valence-corrected chi connectivity index (χ2v) is 5.28. The second-order valence-electron chi connectivity index (χ2n) is 5.28. The van der Waals surface area contributed by atoms with Gasteiger partial charge in [-0.15, -0.1) is 13.2 Å². The van der Waals surface area contributed by atoms with Crippen LogP contribution in [0.4, 0.5) is 13.2 Å². The number of halogens is 3. The molecule has 25 heavy (non-hydrogen) atoms. The molecule has 4 nitrogen and oxygen atoms in total. The fraction of sp³-hybridized carbons (Fsp3) is 0.111. The number of nitrogens with zero attached hydrogens (tertiary/aromatic N) is 2. The van der Waals surface area contributed by atoms with Crippen LogP contribution in [0.2, 0.25) is 0 Å². The molecule has 0 atom stereocenters. The van der Waals surface area contributed by atoms with Crippen LogP contribution in [0.5, 0.6) is 5.75 Å². The maximum atomic E-state index is 12.3. The molecule has 0 N–H and O–H groups in total. The Kier molecular flexibility index (Phi) is 4.56. The molecule has 0 saturated heterocycles. The maximum absolute atomic E-state index is 12.3. The molecule has 0 unspecified atom stereocenters. The zero-order valence-electron chi connectivity index (χ0n) is 12.9. The molecule has 3 aromatic rings. The molecule has 1 aromatic heterocycles. The molecule has 0 aliphatic rings. The van der Waals surface area contributed by atoms with Gasteiger partial charge in [0.1, 0.15) is 5.75 Å². The van der Waals surface area contributed by atoms with E-state index in [9.17, 15) is 18.0 Å². The monoisotopic (exact) mass is 346 g/mol. The van der Waals surface area contributed by atoms with Crippen molar-refractivity contribution in [3.63, 3.8) is 0 Å². The predicted molar refractivity (Wildman–Crippen MR) is 86.2 cm³/mol. The smallest absolute Gasteiger partial charge is 0.406 e. The van der Waals surface area contributed by atoms with Crippen molar-refractivity contribution in [2.75, 3.05) is 0 Å². The fourth-order valence-corrected chi connectivity index (χ4v) is 2.34. The van der Waals surface area contributed by atoms with Gasteiger partial charge in [-0.1, -0.05) is 42.5 Å². The van der Waals surface area contributed by atoms with Gasteiger partial charge in [-0.3, -0.25) is 4.79 Å². The van der Waals surface area contributed by atoms with Crippen LogP contribution >= 0.6 is 0 Å². The van der Waals surface area contributed by atoms with Gasteiger partial charge in [-0.25, -0.2) is 4.68 Å². The van der Waals surface area contributed by atoms with Gasteiger partial charge in [0.05, 0.1) is 12.2 Å². The molecule has 0 amide bonds. The zero-order chi connectivity index (χ0) is 17.9. The summed E-state index contributed by atoms with van der Waals surface area (Å²) in [6.07, 6.45) is -4.76. The van der Waals surface area contributed by atoms with Crippen LogP contribution in [0.1, 0.15) is 5.56 Å². The number of aromatic nitrogens is 2. The van der Waals surface area contributed by atoms with Crippen LogP contribution in [0.25, 0.3) is 11.3 Å². The molecule has 0 fully saturated rings. The normalized spacial score (nSPS) is 11.3. The van der Waals surface area contributed by atoms with Crippen molar-refractivity contribution in [1.82, 2.24) is 9.78 Å². The van der Waals surface area contributed by atoms with Gasteiger partial charge in [0, 0.05) is 11.6 Å². The van der Waals surface area contributed by atoms with Gasteiger partial charge < -0.3 is 4.74 Å². The minimum Gasteiger partial charge on any atom is -0.406 e. The minimum atomic E-state index is -4.76. The third-order valence-corrected chi connectivity index (χ3v) is 3.40. The summed E-state index contributed by atoms with van der Waals surface area (Å²) in [5.41, 5.74) is 1.57. The van der Waals surface area contributed by atoms with Crippen molar-refractivity contribution in [2.45, 2.75) is 12.9 Å². The highest BCUT2D eigenvalue weighted by Crippen LogP contribution is 2.23. The van der Waals surface area contributed by atoms with Crippen LogP contribution in [-0.2, 0) is 6.54 Å². The first-order valence-corrected chi connectivity index (χ1v) is 7.39. The summed E-state index contributed by atoms with van der Waals surface area (Å²) in [5.74, 6) is -0.336. The Labute approximate surface area is 141 Å². The van der Waals surface area contributed by atoms with E-state index in [0.29, 0.717) is 11.3 Å². The lowest BCUT2D eigenvalue weighted by molar-refractivity contribution is -0.274. The number of hydrogen-bond acceptors (Lipinski definition) is 3. The third kappa shape index (κ3) is 4.47. The molecule has 0 aliphatic carbocycles. The van der Waals surface area contributed by atoms with Crippen LogP contribution in [0, 0.1) is 0 Å². The Morgan fingerprint density at radius 1 is 0.960 bits per heavy atom. The van der Waals surface area contributed by atoms with Crippen molar-refractivity contribution in [3.8, 4) is 17.0 Å². The van der Waals surface area contributed by atoms with E-state index in [1.807, 2.05) is 30.3 Å². The van der Waals surface area contributed by atoms with Crippen molar-refractivity contribution in [3.05, 3.63) is 82.6 Å². The largest absolute Gasteiger partial charge is 0.573 e. The molecule has 128 valence electrons. The van der Waals surface area contributed by atoms with E-state index in [1.54, 1.807) is 12.1 Å². The first-order valence-electron chi connectivity index (χ1n) is 7.39. The molecule has 0 spiro atoms. The van der Waals surface area contributed by atoms with Crippen LogP contribution in [0.3, 0.4) is 0 Å². The molecule has 0 bridgehead atoms. The first kappa shape index (κ1) is 16.8. The molecule has 3 rings (SSSR count). The topological polar surface area (TPSA) is 44.1 Å². The second kappa shape index (κ2) is 6.80. The van der Waals surface area contributed by atoms with Crippen molar-refractivity contribution >= 4 is 0 Å². The molecule has 0 saturated carbocycles. The standard InChI is InChI=1S/C18H13F3N2O2/c19-18(20,21)25-15-8-4-5-13(11-15)12-23-17(24)10-9-16(22-23)14-6-2-1-3-7-14/h1-11H,12H2. The summed E-state index contributed by atoms with van der Waals surface area (Å²) in [7, 11) is 0. The SMILES string of the molecule is O=c1ccc(-c2ccccc2)nn1Cc1cccc(OC(F)(F)F)c1. The van der Waals surface area contributed by atoms with Gasteiger partial charge in [-0.05, 0) is 23.8 Å². The average molecular weight is 346 g/mol. The summed E-state index contributed by atoms with van der Waals surface area (Å²) in [6.45, 7) is 0.0363. The van der Waals surface area contributed by atoms with E-state index >= 15 is 0 Å². The third-order valence-electron chi connectivity index (χ3n) is 3.40. The first-order chi connectivity index (χ1) is 11.9. The van der Waals surface area contributed by atoms with E-state index in [4.69, 9.17) is 0 Å².